The van der Waals surface area contributed by atoms with Crippen LogP contribution in [0.5, 0.6) is 0 Å². The van der Waals surface area contributed by atoms with Gasteiger partial charge in [-0.1, -0.05) is 6.92 Å². The van der Waals surface area contributed by atoms with Gasteiger partial charge in [-0.25, -0.2) is 0 Å². The van der Waals surface area contributed by atoms with E-state index in [2.05, 4.69) is 34.6 Å². The average Bonchev–Trinajstić information content (AvgIpc) is 2.35. The molecule has 6 aliphatic rings. The highest BCUT2D eigenvalue weighted by Crippen LogP contribution is 2.72. The Balaban J connectivity index is 2.05. The molecule has 0 saturated heterocycles. The van der Waals surface area contributed by atoms with E-state index in [0.717, 1.165) is 25.7 Å². The predicted octanol–water partition coefficient (Wildman–Crippen LogP) is 4.16. The number of rotatable bonds is 0. The molecule has 0 radical (unpaired) electrons. The van der Waals surface area contributed by atoms with Crippen molar-refractivity contribution < 1.29 is 0 Å². The van der Waals surface area contributed by atoms with Gasteiger partial charge in [0.2, 0.25) is 0 Å². The van der Waals surface area contributed by atoms with E-state index >= 15 is 0 Å². The van der Waals surface area contributed by atoms with Gasteiger partial charge in [0.15, 0.2) is 0 Å². The molecule has 6 atom stereocenters. The summed E-state index contributed by atoms with van der Waals surface area (Å²) in [6, 6.07) is 0. The zero-order valence-corrected chi connectivity index (χ0v) is 12.7. The summed E-state index contributed by atoms with van der Waals surface area (Å²) in [6.45, 7) is 11.6. The molecule has 19 heavy (non-hydrogen) atoms. The third kappa shape index (κ3) is 0.995. The summed E-state index contributed by atoms with van der Waals surface area (Å²) in [4.78, 5) is 0. The van der Waals surface area contributed by atoms with E-state index in [1.807, 2.05) is 0 Å². The van der Waals surface area contributed by atoms with Gasteiger partial charge in [-0.3, -0.25) is 0 Å². The van der Waals surface area contributed by atoms with Crippen molar-refractivity contribution in [1.82, 2.24) is 0 Å². The molecule has 4 aliphatic heterocycles. The van der Waals surface area contributed by atoms with Crippen LogP contribution in [-0.2, 0) is 0 Å². The number of hydrogen-bond donors (Lipinski definition) is 0. The molecule has 6 rings (SSSR count). The fourth-order valence-corrected chi connectivity index (χ4v) is 5.89. The van der Waals surface area contributed by atoms with Crippen molar-refractivity contribution in [2.24, 2.45) is 31.8 Å². The van der Waals surface area contributed by atoms with Crippen LogP contribution in [0.4, 0.5) is 0 Å². The molecule has 2 saturated carbocycles. The highest BCUT2D eigenvalue weighted by Gasteiger charge is 2.77. The topological polar surface area (TPSA) is 49.4 Å². The van der Waals surface area contributed by atoms with E-state index < -0.39 is 0 Å². The molecule has 4 bridgehead atoms. The first kappa shape index (κ1) is 12.0. The van der Waals surface area contributed by atoms with E-state index in [0.29, 0.717) is 5.92 Å². The fourth-order valence-electron chi connectivity index (χ4n) is 5.89. The van der Waals surface area contributed by atoms with Crippen molar-refractivity contribution in [3.8, 4) is 0 Å². The van der Waals surface area contributed by atoms with Crippen LogP contribution in [0.2, 0.25) is 0 Å². The van der Waals surface area contributed by atoms with Gasteiger partial charge >= 0.3 is 0 Å². The zero-order chi connectivity index (χ0) is 13.7. The maximum absolute atomic E-state index is 4.78. The van der Waals surface area contributed by atoms with Crippen LogP contribution in [0, 0.1) is 11.3 Å². The molecule has 104 valence electrons. The van der Waals surface area contributed by atoms with Gasteiger partial charge in [0.25, 0.3) is 0 Å². The maximum atomic E-state index is 4.78. The summed E-state index contributed by atoms with van der Waals surface area (Å²) in [5, 5.41) is 19.1. The molecule has 2 aliphatic carbocycles. The van der Waals surface area contributed by atoms with E-state index in [4.69, 9.17) is 20.5 Å². The largest absolute Gasteiger partial charge is 0.187 e. The molecule has 0 N–H and O–H groups in total. The van der Waals surface area contributed by atoms with Crippen molar-refractivity contribution >= 4 is 0 Å². The van der Waals surface area contributed by atoms with Crippen molar-refractivity contribution in [1.29, 1.82) is 0 Å². The monoisotopic (exact) mass is 260 g/mol. The van der Waals surface area contributed by atoms with Crippen LogP contribution in [0.1, 0.15) is 60.3 Å². The lowest BCUT2D eigenvalue weighted by Crippen LogP contribution is -2.77. The van der Waals surface area contributed by atoms with Crippen LogP contribution >= 0.6 is 0 Å². The zero-order valence-electron chi connectivity index (χ0n) is 12.7. The number of fused-ring (bicyclic) bond motifs is 2. The van der Waals surface area contributed by atoms with Crippen molar-refractivity contribution in [3.63, 3.8) is 0 Å². The van der Waals surface area contributed by atoms with Gasteiger partial charge in [-0.15, -0.1) is 0 Å². The molecule has 0 aromatic rings. The maximum Gasteiger partial charge on any atom is 0.0870 e. The van der Waals surface area contributed by atoms with Crippen LogP contribution < -0.4 is 0 Å². The molecule has 2 fully saturated rings. The van der Waals surface area contributed by atoms with E-state index in [-0.39, 0.29) is 27.6 Å². The lowest BCUT2D eigenvalue weighted by atomic mass is 9.37. The average molecular weight is 260 g/mol. The van der Waals surface area contributed by atoms with Crippen LogP contribution in [0.15, 0.2) is 20.5 Å². The predicted molar refractivity (Wildman–Crippen MR) is 73.4 cm³/mol. The molecule has 2 unspecified atom stereocenters. The summed E-state index contributed by atoms with van der Waals surface area (Å²) in [5.41, 5.74) is -0.120. The Kier molecular flexibility index (Phi) is 1.76. The highest BCUT2D eigenvalue weighted by atomic mass is 15.3. The third-order valence-corrected chi connectivity index (χ3v) is 7.29. The molecule has 0 aromatic heterocycles. The fraction of sp³-hybridized carbons (Fsp3) is 1.00. The summed E-state index contributed by atoms with van der Waals surface area (Å²) < 4.78 is 0. The quantitative estimate of drug-likeness (QED) is 0.628. The highest BCUT2D eigenvalue weighted by molar-refractivity contribution is 5.31. The number of azo groups is 2. The smallest absolute Gasteiger partial charge is 0.0870 e. The van der Waals surface area contributed by atoms with Gasteiger partial charge in [0, 0.05) is 11.3 Å². The SMILES string of the molecule is CC12C([C@@]3(C)CC[C@]1(C)N=N3)[C@]1(C)CC[C@@]2(C)N=N1. The number of nitrogens with zero attached hydrogens (tertiary/aromatic N) is 4. The molecular weight excluding hydrogens is 236 g/mol. The lowest BCUT2D eigenvalue weighted by molar-refractivity contribution is -0.178. The second-order valence-corrected chi connectivity index (χ2v) is 8.30. The molecule has 4 heterocycles. The first-order valence-corrected chi connectivity index (χ1v) is 7.57. The molecule has 0 spiro atoms. The molecule has 0 amide bonds. The standard InChI is InChI=1S/C15H24N4/c1-11-6-8-13(3,18-16-11)15(5)10(11)12(2)7-9-14(15,4)19-17-12/h10H,6-9H2,1-5H3/t10?,11-,12+,13+,14-,15?. The van der Waals surface area contributed by atoms with Gasteiger partial charge in [-0.2, -0.15) is 20.5 Å². The Morgan fingerprint density at radius 3 is 1.32 bits per heavy atom. The molecular formula is C15H24N4. The second kappa shape index (κ2) is 2.79. The van der Waals surface area contributed by atoms with Gasteiger partial charge in [-0.05, 0) is 53.4 Å². The van der Waals surface area contributed by atoms with Crippen LogP contribution in [-0.4, -0.2) is 22.2 Å². The second-order valence-electron chi connectivity index (χ2n) is 8.30. The van der Waals surface area contributed by atoms with Crippen LogP contribution in [0.3, 0.4) is 0 Å². The third-order valence-electron chi connectivity index (χ3n) is 7.29. The van der Waals surface area contributed by atoms with E-state index in [1.54, 1.807) is 0 Å². The lowest BCUT2D eigenvalue weighted by Gasteiger charge is -2.72. The summed E-state index contributed by atoms with van der Waals surface area (Å²) in [5.74, 6) is 0.472. The Morgan fingerprint density at radius 2 is 1.05 bits per heavy atom. The first-order chi connectivity index (χ1) is 8.69. The summed E-state index contributed by atoms with van der Waals surface area (Å²) >= 11 is 0. The van der Waals surface area contributed by atoms with E-state index in [1.165, 1.54) is 0 Å². The first-order valence-electron chi connectivity index (χ1n) is 7.57. The minimum atomic E-state index is -0.0642. The minimum Gasteiger partial charge on any atom is -0.187 e. The minimum absolute atomic E-state index is 0.0393. The Bertz CT molecular complexity index is 484. The summed E-state index contributed by atoms with van der Waals surface area (Å²) in [6.07, 6.45) is 4.57. The van der Waals surface area contributed by atoms with Crippen molar-refractivity contribution in [3.05, 3.63) is 0 Å². The Labute approximate surface area is 115 Å². The van der Waals surface area contributed by atoms with Crippen molar-refractivity contribution in [2.75, 3.05) is 0 Å². The Hall–Kier alpha value is -0.800. The van der Waals surface area contributed by atoms with Gasteiger partial charge < -0.3 is 0 Å². The normalized spacial score (nSPS) is 65.4. The Morgan fingerprint density at radius 1 is 0.632 bits per heavy atom. The van der Waals surface area contributed by atoms with Crippen molar-refractivity contribution in [2.45, 2.75) is 82.5 Å². The van der Waals surface area contributed by atoms with Gasteiger partial charge in [0.1, 0.15) is 0 Å². The molecule has 0 aromatic carbocycles. The summed E-state index contributed by atoms with van der Waals surface area (Å²) in [7, 11) is 0. The van der Waals surface area contributed by atoms with Gasteiger partial charge in [0.05, 0.1) is 22.2 Å². The van der Waals surface area contributed by atoms with E-state index in [9.17, 15) is 0 Å². The molecule has 4 heteroatoms. The van der Waals surface area contributed by atoms with Crippen LogP contribution in [0.25, 0.3) is 0 Å². The number of hydrogen-bond acceptors (Lipinski definition) is 4. The molecule has 4 nitrogen and oxygen atoms in total.